The molecule has 3 atom stereocenters. The Bertz CT molecular complexity index is 1120. The predicted molar refractivity (Wildman–Crippen MR) is 98.8 cm³/mol. The summed E-state index contributed by atoms with van der Waals surface area (Å²) in [5, 5.41) is 5.96. The van der Waals surface area contributed by atoms with Gasteiger partial charge < -0.3 is 19.5 Å². The second-order valence-corrected chi connectivity index (χ2v) is 8.29. The number of aromatic nitrogens is 2. The maximum atomic E-state index is 13.3. The first-order chi connectivity index (χ1) is 15.5. The van der Waals surface area contributed by atoms with Crippen molar-refractivity contribution < 1.29 is 40.8 Å². The summed E-state index contributed by atoms with van der Waals surface area (Å²) >= 11 is 0. The minimum absolute atomic E-state index is 0.110. The van der Waals surface area contributed by atoms with Gasteiger partial charge in [-0.15, -0.1) is 0 Å². The molecule has 13 heteroatoms. The molecule has 176 valence electrons. The Balaban J connectivity index is 1.34. The maximum Gasteiger partial charge on any atom is 0.471 e. The molecule has 0 unspecified atom stereocenters. The van der Waals surface area contributed by atoms with Gasteiger partial charge in [-0.3, -0.25) is 9.59 Å². The van der Waals surface area contributed by atoms with Crippen LogP contribution in [0.25, 0.3) is 11.4 Å². The summed E-state index contributed by atoms with van der Waals surface area (Å²) in [7, 11) is 0. The largest absolute Gasteiger partial charge is 0.471 e. The second-order valence-electron chi connectivity index (χ2n) is 8.29. The van der Waals surface area contributed by atoms with E-state index >= 15 is 0 Å². The molecule has 1 aliphatic carbocycles. The van der Waals surface area contributed by atoms with E-state index in [1.807, 2.05) is 0 Å². The molecule has 0 radical (unpaired) electrons. The Labute approximate surface area is 183 Å². The molecule has 1 N–H and O–H groups in total. The molecule has 1 aromatic carbocycles. The molecule has 8 nitrogen and oxygen atoms in total. The number of nitrogens with one attached hydrogen (secondary N) is 1. The molecule has 3 heterocycles. The van der Waals surface area contributed by atoms with Crippen molar-refractivity contribution in [2.24, 2.45) is 5.92 Å². The van der Waals surface area contributed by atoms with Gasteiger partial charge in [-0.05, 0) is 18.1 Å². The maximum absolute atomic E-state index is 13.3. The molecule has 2 fully saturated rings. The summed E-state index contributed by atoms with van der Waals surface area (Å²) in [6.07, 6.45) is -4.93. The highest BCUT2D eigenvalue weighted by atomic mass is 19.4. The van der Waals surface area contributed by atoms with Gasteiger partial charge in [0.1, 0.15) is 5.92 Å². The van der Waals surface area contributed by atoms with Crippen LogP contribution in [0.2, 0.25) is 0 Å². The van der Waals surface area contributed by atoms with E-state index in [0.29, 0.717) is 18.6 Å². The van der Waals surface area contributed by atoms with Gasteiger partial charge in [-0.2, -0.15) is 18.2 Å². The number of hydrogen-bond acceptors (Lipinski definition) is 6. The van der Waals surface area contributed by atoms with Crippen LogP contribution in [-0.4, -0.2) is 58.1 Å². The van der Waals surface area contributed by atoms with Gasteiger partial charge in [0.2, 0.25) is 11.7 Å². The molecule has 0 bridgehead atoms. The lowest BCUT2D eigenvalue weighted by molar-refractivity contribution is -0.159. The average molecular weight is 472 g/mol. The second kappa shape index (κ2) is 7.47. The highest BCUT2D eigenvalue weighted by molar-refractivity contribution is 5.99. The summed E-state index contributed by atoms with van der Waals surface area (Å²) in [6, 6.07) is 3.29. The van der Waals surface area contributed by atoms with Gasteiger partial charge in [-0.25, -0.2) is 8.78 Å². The number of ether oxygens (including phenoxy) is 1. The number of fused-ring (bicyclic) bond motifs is 1. The minimum atomic E-state index is -4.79. The summed E-state index contributed by atoms with van der Waals surface area (Å²) < 4.78 is 74.4. The molecule has 2 aromatic rings. The number of hydrogen-bond donors (Lipinski definition) is 1. The lowest BCUT2D eigenvalue weighted by atomic mass is 10.0. The first-order valence-electron chi connectivity index (χ1n) is 10.2. The lowest BCUT2D eigenvalue weighted by Gasteiger charge is -2.38. The predicted octanol–water partition coefficient (Wildman–Crippen LogP) is 2.64. The zero-order valence-electron chi connectivity index (χ0n) is 16.9. The summed E-state index contributed by atoms with van der Waals surface area (Å²) in [4.78, 5) is 30.1. The number of alkyl halides is 5. The monoisotopic (exact) mass is 472 g/mol. The third kappa shape index (κ3) is 3.94. The van der Waals surface area contributed by atoms with Crippen molar-refractivity contribution in [3.05, 3.63) is 35.2 Å². The van der Waals surface area contributed by atoms with Crippen molar-refractivity contribution in [2.75, 3.05) is 13.2 Å². The van der Waals surface area contributed by atoms with Crippen LogP contribution in [0, 0.1) is 5.92 Å². The summed E-state index contributed by atoms with van der Waals surface area (Å²) in [5.41, 5.74) is 1.03. The molecule has 3 aliphatic rings. The van der Waals surface area contributed by atoms with Crippen molar-refractivity contribution in [1.29, 1.82) is 0 Å². The number of benzene rings is 1. The van der Waals surface area contributed by atoms with Crippen molar-refractivity contribution in [1.82, 2.24) is 20.4 Å². The van der Waals surface area contributed by atoms with Gasteiger partial charge in [0, 0.05) is 30.7 Å². The lowest BCUT2D eigenvalue weighted by Crippen LogP contribution is -2.57. The van der Waals surface area contributed by atoms with E-state index in [0.717, 1.165) is 0 Å². The number of amides is 2. The van der Waals surface area contributed by atoms with Crippen molar-refractivity contribution in [2.45, 2.75) is 43.6 Å². The standard InChI is InChI=1S/C20H17F5N4O4/c21-19(22)6-12(19)16(30)26-13-3-4-32-8-14(13)29-7-10-2-1-9(5-11(10)17(29)31)15-27-18(33-28-15)20(23,24)25/h1-2,5,12-14H,3-4,6-8H2,(H,26,30)/t12-,13+,14-/m0/s1. The van der Waals surface area contributed by atoms with Crippen LogP contribution in [0.15, 0.2) is 22.7 Å². The number of carbonyl (C=O) groups excluding carboxylic acids is 2. The minimum Gasteiger partial charge on any atom is -0.379 e. The summed E-state index contributed by atoms with van der Waals surface area (Å²) in [5.74, 6) is -7.33. The third-order valence-electron chi connectivity index (χ3n) is 6.07. The van der Waals surface area contributed by atoms with E-state index in [1.165, 1.54) is 17.0 Å². The third-order valence-corrected chi connectivity index (χ3v) is 6.07. The van der Waals surface area contributed by atoms with Crippen molar-refractivity contribution >= 4 is 11.8 Å². The number of rotatable bonds is 4. The molecule has 0 spiro atoms. The molecule has 5 rings (SSSR count). The molecule has 2 amide bonds. The Morgan fingerprint density at radius 1 is 1.27 bits per heavy atom. The van der Waals surface area contributed by atoms with E-state index in [9.17, 15) is 31.5 Å². The Morgan fingerprint density at radius 2 is 2.03 bits per heavy atom. The van der Waals surface area contributed by atoms with Crippen molar-refractivity contribution in [3.8, 4) is 11.4 Å². The van der Waals surface area contributed by atoms with Crippen LogP contribution in [0.5, 0.6) is 0 Å². The molecular weight excluding hydrogens is 455 g/mol. The first kappa shape index (κ1) is 21.7. The molecule has 1 saturated heterocycles. The Kier molecular flexibility index (Phi) is 4.92. The van der Waals surface area contributed by atoms with Gasteiger partial charge in [0.05, 0.1) is 18.7 Å². The van der Waals surface area contributed by atoms with Gasteiger partial charge in [0.25, 0.3) is 11.8 Å². The van der Waals surface area contributed by atoms with Crippen LogP contribution in [-0.2, 0) is 22.3 Å². The number of halogens is 5. The fraction of sp³-hybridized carbons (Fsp3) is 0.500. The van der Waals surface area contributed by atoms with E-state index in [2.05, 4.69) is 20.0 Å². The zero-order valence-corrected chi connectivity index (χ0v) is 16.9. The van der Waals surface area contributed by atoms with Crippen LogP contribution in [0.4, 0.5) is 22.0 Å². The molecular formula is C20H17F5N4O4. The fourth-order valence-electron chi connectivity index (χ4n) is 4.17. The van der Waals surface area contributed by atoms with Crippen molar-refractivity contribution in [3.63, 3.8) is 0 Å². The number of carbonyl (C=O) groups is 2. The Hall–Kier alpha value is -3.09. The van der Waals surface area contributed by atoms with Gasteiger partial charge in [0.15, 0.2) is 0 Å². The van der Waals surface area contributed by atoms with Crippen LogP contribution < -0.4 is 5.32 Å². The zero-order chi connectivity index (χ0) is 23.5. The highest BCUT2D eigenvalue weighted by Gasteiger charge is 2.61. The van der Waals surface area contributed by atoms with E-state index in [-0.39, 0.29) is 30.1 Å². The van der Waals surface area contributed by atoms with Gasteiger partial charge >= 0.3 is 12.1 Å². The molecule has 2 aliphatic heterocycles. The SMILES string of the molecule is O=C(N[C@@H]1CCOC[C@@H]1N1Cc2ccc(-c3noc(C(F)(F)F)n3)cc2C1=O)[C@@H]1CC1(F)F. The van der Waals surface area contributed by atoms with Crippen LogP contribution >= 0.6 is 0 Å². The average Bonchev–Trinajstić information content (AvgIpc) is 3.09. The van der Waals surface area contributed by atoms with Crippen LogP contribution in [0.1, 0.15) is 34.7 Å². The fourth-order valence-corrected chi connectivity index (χ4v) is 4.17. The Morgan fingerprint density at radius 3 is 2.70 bits per heavy atom. The quantitative estimate of drug-likeness (QED) is 0.688. The molecule has 33 heavy (non-hydrogen) atoms. The molecule has 1 saturated carbocycles. The van der Waals surface area contributed by atoms with E-state index in [4.69, 9.17) is 4.74 Å². The number of nitrogens with zero attached hydrogens (tertiary/aromatic N) is 3. The first-order valence-corrected chi connectivity index (χ1v) is 10.2. The summed E-state index contributed by atoms with van der Waals surface area (Å²) in [6.45, 7) is 0.591. The normalized spacial score (nSPS) is 26.3. The van der Waals surface area contributed by atoms with Crippen LogP contribution in [0.3, 0.4) is 0 Å². The highest BCUT2D eigenvalue weighted by Crippen LogP contribution is 2.48. The smallest absolute Gasteiger partial charge is 0.379 e. The topological polar surface area (TPSA) is 97.6 Å². The molecule has 1 aromatic heterocycles. The van der Waals surface area contributed by atoms with Gasteiger partial charge in [-0.1, -0.05) is 17.3 Å². The van der Waals surface area contributed by atoms with E-state index < -0.39 is 54.2 Å². The van der Waals surface area contributed by atoms with E-state index in [1.54, 1.807) is 6.07 Å².